The Bertz CT molecular complexity index is 688. The Kier molecular flexibility index (Phi) is 4.19. The molecule has 2 aliphatic carbocycles. The molecule has 25 heavy (non-hydrogen) atoms. The molecule has 1 aromatic rings. The summed E-state index contributed by atoms with van der Waals surface area (Å²) in [5, 5.41) is 7.51. The van der Waals surface area contributed by atoms with Gasteiger partial charge in [0.05, 0.1) is 6.10 Å². The molecule has 2 saturated carbocycles. The zero-order valence-electron chi connectivity index (χ0n) is 14.9. The maximum atomic E-state index is 14.1. The first-order chi connectivity index (χ1) is 11.9. The fourth-order valence-corrected chi connectivity index (χ4v) is 4.95. The number of ether oxygens (including phenoxy) is 1. The van der Waals surface area contributed by atoms with Gasteiger partial charge < -0.3 is 15.4 Å². The molecular weight excluding hydrogens is 341 g/mol. The summed E-state index contributed by atoms with van der Waals surface area (Å²) in [6.07, 6.45) is 2.30. The van der Waals surface area contributed by atoms with E-state index in [1.807, 2.05) is 0 Å². The van der Waals surface area contributed by atoms with Crippen LogP contribution in [0.3, 0.4) is 0 Å². The van der Waals surface area contributed by atoms with Gasteiger partial charge in [-0.3, -0.25) is 4.99 Å². The van der Waals surface area contributed by atoms with Gasteiger partial charge in [-0.15, -0.1) is 0 Å². The summed E-state index contributed by atoms with van der Waals surface area (Å²) in [6.45, 7) is 5.33. The molecule has 3 aliphatic rings. The van der Waals surface area contributed by atoms with Crippen molar-refractivity contribution in [1.82, 2.24) is 10.6 Å². The van der Waals surface area contributed by atoms with Gasteiger partial charge in [-0.05, 0) is 25.0 Å². The lowest BCUT2D eigenvalue weighted by Gasteiger charge is -2.54. The third-order valence-corrected chi connectivity index (χ3v) is 6.43. The van der Waals surface area contributed by atoms with Crippen LogP contribution < -0.4 is 10.6 Å². The molecule has 0 aromatic heterocycles. The molecule has 1 aromatic carbocycles. The van der Waals surface area contributed by atoms with Crippen molar-refractivity contribution in [1.29, 1.82) is 0 Å². The van der Waals surface area contributed by atoms with Crippen LogP contribution in [0.4, 0.5) is 4.39 Å². The molecule has 136 valence electrons. The van der Waals surface area contributed by atoms with Gasteiger partial charge in [-0.25, -0.2) is 4.39 Å². The monoisotopic (exact) mass is 365 g/mol. The predicted octanol–water partition coefficient (Wildman–Crippen LogP) is 3.31. The second-order valence-corrected chi connectivity index (χ2v) is 8.40. The van der Waals surface area contributed by atoms with Gasteiger partial charge >= 0.3 is 0 Å². The molecule has 0 spiro atoms. The molecule has 6 heteroatoms. The zero-order valence-corrected chi connectivity index (χ0v) is 15.6. The number of guanidine groups is 1. The van der Waals surface area contributed by atoms with Gasteiger partial charge in [0, 0.05) is 53.6 Å². The lowest BCUT2D eigenvalue weighted by atomic mass is 9.57. The van der Waals surface area contributed by atoms with E-state index < -0.39 is 0 Å². The van der Waals surface area contributed by atoms with Crippen molar-refractivity contribution in [3.63, 3.8) is 0 Å². The number of hydrogen-bond acceptors (Lipinski definition) is 2. The van der Waals surface area contributed by atoms with E-state index in [-0.39, 0.29) is 23.2 Å². The van der Waals surface area contributed by atoms with Gasteiger partial charge in [0.2, 0.25) is 0 Å². The van der Waals surface area contributed by atoms with E-state index >= 15 is 0 Å². The van der Waals surface area contributed by atoms with Crippen molar-refractivity contribution in [2.75, 3.05) is 13.7 Å². The van der Waals surface area contributed by atoms with E-state index in [4.69, 9.17) is 16.3 Å². The smallest absolute Gasteiger partial charge is 0.191 e. The highest BCUT2D eigenvalue weighted by Crippen LogP contribution is 2.52. The molecule has 5 atom stereocenters. The summed E-state index contributed by atoms with van der Waals surface area (Å²) >= 11 is 6.19. The lowest BCUT2D eigenvalue weighted by molar-refractivity contribution is -0.106. The highest BCUT2D eigenvalue weighted by molar-refractivity contribution is 6.31. The van der Waals surface area contributed by atoms with E-state index in [2.05, 4.69) is 29.5 Å². The molecule has 1 aliphatic heterocycles. The summed E-state index contributed by atoms with van der Waals surface area (Å²) in [6, 6.07) is 5.38. The van der Waals surface area contributed by atoms with Gasteiger partial charge in [-0.1, -0.05) is 31.5 Å². The van der Waals surface area contributed by atoms with Crippen molar-refractivity contribution < 1.29 is 9.13 Å². The van der Waals surface area contributed by atoms with Crippen LogP contribution in [0.2, 0.25) is 5.02 Å². The maximum absolute atomic E-state index is 14.1. The molecular formula is C19H25ClFN3O. The molecule has 2 N–H and O–H groups in total. The number of hydrogen-bond donors (Lipinski definition) is 2. The first-order valence-electron chi connectivity index (χ1n) is 8.99. The summed E-state index contributed by atoms with van der Waals surface area (Å²) in [4.78, 5) is 4.37. The Balaban J connectivity index is 1.40. The Labute approximate surface area is 153 Å². The number of fused-ring (bicyclic) bond motifs is 1. The van der Waals surface area contributed by atoms with Crippen molar-refractivity contribution in [3.8, 4) is 0 Å². The van der Waals surface area contributed by atoms with E-state index in [0.29, 0.717) is 28.6 Å². The van der Waals surface area contributed by atoms with E-state index in [0.717, 1.165) is 25.4 Å². The summed E-state index contributed by atoms with van der Waals surface area (Å²) in [7, 11) is 1.77. The quantitative estimate of drug-likeness (QED) is 0.638. The van der Waals surface area contributed by atoms with Crippen molar-refractivity contribution >= 4 is 17.6 Å². The summed E-state index contributed by atoms with van der Waals surface area (Å²) in [5.41, 5.74) is 0.710. The minimum atomic E-state index is -0.226. The van der Waals surface area contributed by atoms with Gasteiger partial charge in [0.15, 0.2) is 5.96 Å². The molecule has 0 amide bonds. The summed E-state index contributed by atoms with van der Waals surface area (Å²) in [5.74, 6) is 1.20. The zero-order chi connectivity index (χ0) is 17.8. The van der Waals surface area contributed by atoms with Crippen molar-refractivity contribution in [2.45, 2.75) is 50.8 Å². The SMILES string of the molecule is CN=C(NC1CC1c1c(F)cccc1Cl)NC1C2CCOC2C1(C)C. The van der Waals surface area contributed by atoms with Crippen LogP contribution in [-0.2, 0) is 4.74 Å². The maximum Gasteiger partial charge on any atom is 0.191 e. The Morgan fingerprint density at radius 1 is 1.36 bits per heavy atom. The standard InChI is InChI=1S/C19H25ClFN3O/c1-19(2)16(10-7-8-25-17(10)19)24-18(22-3)23-14-9-11(14)15-12(20)5-4-6-13(15)21/h4-6,10-11,14,16-17H,7-9H2,1-3H3,(H2,22,23,24). The van der Waals surface area contributed by atoms with Gasteiger partial charge in [0.1, 0.15) is 5.82 Å². The second-order valence-electron chi connectivity index (χ2n) is 7.99. The molecule has 1 heterocycles. The average Bonchev–Trinajstić information content (AvgIpc) is 3.15. The van der Waals surface area contributed by atoms with Crippen LogP contribution in [-0.4, -0.2) is 37.8 Å². The average molecular weight is 366 g/mol. The fraction of sp³-hybridized carbons (Fsp3) is 0.632. The topological polar surface area (TPSA) is 45.7 Å². The fourth-order valence-electron chi connectivity index (χ4n) is 4.65. The number of aliphatic imine (C=N–C) groups is 1. The van der Waals surface area contributed by atoms with E-state index in [9.17, 15) is 4.39 Å². The Morgan fingerprint density at radius 2 is 2.16 bits per heavy atom. The predicted molar refractivity (Wildman–Crippen MR) is 97.6 cm³/mol. The van der Waals surface area contributed by atoms with Crippen molar-refractivity contribution in [3.05, 3.63) is 34.6 Å². The van der Waals surface area contributed by atoms with Crippen LogP contribution in [0.25, 0.3) is 0 Å². The van der Waals surface area contributed by atoms with Crippen LogP contribution in [0.15, 0.2) is 23.2 Å². The van der Waals surface area contributed by atoms with Crippen LogP contribution in [0.5, 0.6) is 0 Å². The third-order valence-electron chi connectivity index (χ3n) is 6.10. The third kappa shape index (κ3) is 2.81. The number of nitrogens with zero attached hydrogens (tertiary/aromatic N) is 1. The number of rotatable bonds is 3. The summed E-state index contributed by atoms with van der Waals surface area (Å²) < 4.78 is 19.9. The lowest BCUT2D eigenvalue weighted by Crippen LogP contribution is -2.68. The molecule has 3 fully saturated rings. The first-order valence-corrected chi connectivity index (χ1v) is 9.36. The number of halogens is 2. The first kappa shape index (κ1) is 17.1. The highest BCUT2D eigenvalue weighted by atomic mass is 35.5. The van der Waals surface area contributed by atoms with Crippen LogP contribution >= 0.6 is 11.6 Å². The highest BCUT2D eigenvalue weighted by Gasteiger charge is 2.59. The van der Waals surface area contributed by atoms with Gasteiger partial charge in [0.25, 0.3) is 0 Å². The van der Waals surface area contributed by atoms with Gasteiger partial charge in [-0.2, -0.15) is 0 Å². The van der Waals surface area contributed by atoms with E-state index in [1.165, 1.54) is 6.07 Å². The molecule has 4 rings (SSSR count). The minimum Gasteiger partial charge on any atom is -0.377 e. The number of benzene rings is 1. The largest absolute Gasteiger partial charge is 0.377 e. The normalized spacial score (nSPS) is 35.7. The van der Waals surface area contributed by atoms with Crippen LogP contribution in [0, 0.1) is 17.2 Å². The second kappa shape index (κ2) is 6.13. The molecule has 5 unspecified atom stereocenters. The molecule has 1 saturated heterocycles. The van der Waals surface area contributed by atoms with Crippen molar-refractivity contribution in [2.24, 2.45) is 16.3 Å². The molecule has 0 bridgehead atoms. The Morgan fingerprint density at radius 3 is 2.88 bits per heavy atom. The van der Waals surface area contributed by atoms with Crippen LogP contribution in [0.1, 0.15) is 38.2 Å². The molecule has 0 radical (unpaired) electrons. The Hall–Kier alpha value is -1.33. The molecule has 4 nitrogen and oxygen atoms in total. The number of nitrogens with one attached hydrogen (secondary N) is 2. The minimum absolute atomic E-state index is 0.0938. The van der Waals surface area contributed by atoms with E-state index in [1.54, 1.807) is 19.2 Å².